The zero-order valence-electron chi connectivity index (χ0n) is 13.2. The summed E-state index contributed by atoms with van der Waals surface area (Å²) in [5, 5.41) is 16.9. The zero-order valence-corrected chi connectivity index (χ0v) is 13.2. The molecule has 0 fully saturated rings. The van der Waals surface area contributed by atoms with Gasteiger partial charge in [0.2, 0.25) is 5.75 Å². The molecule has 1 aromatic carbocycles. The highest BCUT2D eigenvalue weighted by atomic mass is 16.5. The first-order valence-corrected chi connectivity index (χ1v) is 6.75. The lowest BCUT2D eigenvalue weighted by Gasteiger charge is -2.16. The van der Waals surface area contributed by atoms with Gasteiger partial charge in [0.05, 0.1) is 27.0 Å². The average molecular weight is 311 g/mol. The molecule has 0 radical (unpaired) electrons. The number of hydrogen-bond donors (Lipinski definition) is 2. The third kappa shape index (κ3) is 2.53. The predicted octanol–water partition coefficient (Wildman–Crippen LogP) is 3.22. The second-order valence-electron chi connectivity index (χ2n) is 4.54. The molecule has 2 rings (SSSR count). The van der Waals surface area contributed by atoms with Crippen LogP contribution in [0.3, 0.4) is 0 Å². The number of benzene rings is 1. The van der Waals surface area contributed by atoms with Crippen LogP contribution in [0.1, 0.15) is 17.0 Å². The summed E-state index contributed by atoms with van der Waals surface area (Å²) in [5.74, 6) is 1.43. The molecule has 0 aliphatic rings. The molecule has 2 N–H and O–H groups in total. The van der Waals surface area contributed by atoms with E-state index in [-0.39, 0.29) is 0 Å². The van der Waals surface area contributed by atoms with Crippen molar-refractivity contribution in [3.63, 3.8) is 0 Å². The van der Waals surface area contributed by atoms with Crippen LogP contribution in [0.4, 0.5) is 0 Å². The van der Waals surface area contributed by atoms with Crippen molar-refractivity contribution in [1.29, 1.82) is 10.7 Å². The minimum Gasteiger partial charge on any atom is -0.493 e. The number of hydrogen-bond acceptors (Lipinski definition) is 5. The topological polar surface area (TPSA) is 91.1 Å². The minimum atomic E-state index is 0.338. The lowest BCUT2D eigenvalue weighted by Crippen LogP contribution is -1.98. The first-order chi connectivity index (χ1) is 11.2. The van der Waals surface area contributed by atoms with E-state index in [0.717, 1.165) is 6.21 Å². The predicted molar refractivity (Wildman–Crippen MR) is 88.6 cm³/mol. The van der Waals surface area contributed by atoms with Crippen molar-refractivity contribution in [3.8, 4) is 34.4 Å². The van der Waals surface area contributed by atoms with Gasteiger partial charge >= 0.3 is 0 Å². The lowest BCUT2D eigenvalue weighted by atomic mass is 9.98. The number of methoxy groups -OCH3 is 3. The van der Waals surface area contributed by atoms with E-state index in [0.29, 0.717) is 45.3 Å². The normalized spacial score (nSPS) is 9.83. The third-order valence-corrected chi connectivity index (χ3v) is 3.50. The van der Waals surface area contributed by atoms with Gasteiger partial charge in [-0.1, -0.05) is 12.7 Å². The summed E-state index contributed by atoms with van der Waals surface area (Å²) in [6.45, 7) is 3.76. The molecule has 6 heteroatoms. The van der Waals surface area contributed by atoms with Gasteiger partial charge in [-0.3, -0.25) is 0 Å². The Labute approximate surface area is 134 Å². The smallest absolute Gasteiger partial charge is 0.203 e. The molecule has 0 saturated carbocycles. The Balaban J connectivity index is 2.87. The Hall–Kier alpha value is -3.20. The Morgan fingerprint density at radius 3 is 2.35 bits per heavy atom. The van der Waals surface area contributed by atoms with Gasteiger partial charge < -0.3 is 24.6 Å². The molecule has 1 aromatic heterocycles. The molecule has 0 bridgehead atoms. The lowest BCUT2D eigenvalue weighted by molar-refractivity contribution is 0.325. The maximum atomic E-state index is 9.26. The SMILES string of the molecule is C=Cc1c(C#N)[nH]c(C=N)c1-c1ccc(OC)c(OC)c1OC. The van der Waals surface area contributed by atoms with Gasteiger partial charge in [0.15, 0.2) is 11.5 Å². The molecule has 0 unspecified atom stereocenters. The molecule has 0 spiro atoms. The molecule has 2 aromatic rings. The molecule has 0 aliphatic heterocycles. The molecule has 1 heterocycles. The zero-order chi connectivity index (χ0) is 17.0. The molecule has 0 aliphatic carbocycles. The second kappa shape index (κ2) is 6.71. The van der Waals surface area contributed by atoms with E-state index in [2.05, 4.69) is 17.6 Å². The number of aromatic nitrogens is 1. The third-order valence-electron chi connectivity index (χ3n) is 3.50. The monoisotopic (exact) mass is 311 g/mol. The van der Waals surface area contributed by atoms with Gasteiger partial charge in [0.1, 0.15) is 11.8 Å². The van der Waals surface area contributed by atoms with E-state index in [1.54, 1.807) is 25.3 Å². The van der Waals surface area contributed by atoms with Crippen molar-refractivity contribution in [2.75, 3.05) is 21.3 Å². The number of nitriles is 1. The molecule has 6 nitrogen and oxygen atoms in total. The number of nitrogens with one attached hydrogen (secondary N) is 2. The fourth-order valence-corrected chi connectivity index (χ4v) is 2.52. The number of ether oxygens (including phenoxy) is 3. The first kappa shape index (κ1) is 16.2. The summed E-state index contributed by atoms with van der Waals surface area (Å²) < 4.78 is 16.2. The van der Waals surface area contributed by atoms with Gasteiger partial charge in [-0.2, -0.15) is 5.26 Å². The summed E-state index contributed by atoms with van der Waals surface area (Å²) in [7, 11) is 4.59. The van der Waals surface area contributed by atoms with Crippen molar-refractivity contribution in [2.45, 2.75) is 0 Å². The van der Waals surface area contributed by atoms with E-state index < -0.39 is 0 Å². The average Bonchev–Trinajstić information content (AvgIpc) is 2.97. The van der Waals surface area contributed by atoms with Crippen molar-refractivity contribution < 1.29 is 14.2 Å². The van der Waals surface area contributed by atoms with E-state index >= 15 is 0 Å². The maximum Gasteiger partial charge on any atom is 0.203 e. The molecular weight excluding hydrogens is 294 g/mol. The summed E-state index contributed by atoms with van der Waals surface area (Å²) in [5.41, 5.74) is 2.77. The number of rotatable bonds is 6. The van der Waals surface area contributed by atoms with Crippen LogP contribution in [-0.2, 0) is 0 Å². The van der Waals surface area contributed by atoms with Crippen LogP contribution in [0.25, 0.3) is 17.2 Å². The molecular formula is C17H17N3O3. The Morgan fingerprint density at radius 1 is 1.17 bits per heavy atom. The first-order valence-electron chi connectivity index (χ1n) is 6.75. The fraction of sp³-hybridized carbons (Fsp3) is 0.176. The number of aromatic amines is 1. The van der Waals surface area contributed by atoms with Gasteiger partial charge in [0.25, 0.3) is 0 Å². The van der Waals surface area contributed by atoms with Crippen molar-refractivity contribution in [2.24, 2.45) is 0 Å². The van der Waals surface area contributed by atoms with E-state index in [1.807, 2.05) is 0 Å². The Bertz CT molecular complexity index is 800. The van der Waals surface area contributed by atoms with E-state index in [1.165, 1.54) is 14.2 Å². The molecule has 23 heavy (non-hydrogen) atoms. The maximum absolute atomic E-state index is 9.26. The highest BCUT2D eigenvalue weighted by molar-refractivity contribution is 5.95. The minimum absolute atomic E-state index is 0.338. The molecule has 0 atom stereocenters. The molecule has 118 valence electrons. The summed E-state index contributed by atoms with van der Waals surface area (Å²) >= 11 is 0. The van der Waals surface area contributed by atoms with Crippen LogP contribution >= 0.6 is 0 Å². The largest absolute Gasteiger partial charge is 0.493 e. The summed E-state index contributed by atoms with van der Waals surface area (Å²) in [6.07, 6.45) is 2.73. The summed E-state index contributed by atoms with van der Waals surface area (Å²) in [4.78, 5) is 2.91. The van der Waals surface area contributed by atoms with Crippen LogP contribution in [0.5, 0.6) is 17.2 Å². The van der Waals surface area contributed by atoms with Crippen LogP contribution < -0.4 is 14.2 Å². The van der Waals surface area contributed by atoms with Gasteiger partial charge in [-0.25, -0.2) is 0 Å². The second-order valence-corrected chi connectivity index (χ2v) is 4.54. The van der Waals surface area contributed by atoms with Crippen molar-refractivity contribution in [1.82, 2.24) is 4.98 Å². The highest BCUT2D eigenvalue weighted by Crippen LogP contribution is 2.46. The van der Waals surface area contributed by atoms with Crippen molar-refractivity contribution in [3.05, 3.63) is 35.7 Å². The van der Waals surface area contributed by atoms with E-state index in [9.17, 15) is 5.26 Å². The Kier molecular flexibility index (Phi) is 4.72. The van der Waals surface area contributed by atoms with Crippen LogP contribution in [-0.4, -0.2) is 32.5 Å². The van der Waals surface area contributed by atoms with Crippen LogP contribution in [0.15, 0.2) is 18.7 Å². The molecule has 0 saturated heterocycles. The van der Waals surface area contributed by atoms with Crippen LogP contribution in [0.2, 0.25) is 0 Å². The number of H-pyrrole nitrogens is 1. The standard InChI is InChI=1S/C17H17N3O3/c1-5-10-12(8-18)20-13(9-19)15(10)11-6-7-14(21-2)17(23-4)16(11)22-3/h5-7,9,19-20H,1H2,2-4H3. The van der Waals surface area contributed by atoms with E-state index in [4.69, 9.17) is 19.6 Å². The van der Waals surface area contributed by atoms with Gasteiger partial charge in [-0.05, 0) is 12.1 Å². The quantitative estimate of drug-likeness (QED) is 0.801. The Morgan fingerprint density at radius 2 is 1.87 bits per heavy atom. The van der Waals surface area contributed by atoms with Gasteiger partial charge in [0, 0.05) is 22.9 Å². The fourth-order valence-electron chi connectivity index (χ4n) is 2.52. The number of nitrogens with zero attached hydrogens (tertiary/aromatic N) is 1. The summed E-state index contributed by atoms with van der Waals surface area (Å²) in [6, 6.07) is 5.62. The van der Waals surface area contributed by atoms with Crippen molar-refractivity contribution >= 4 is 12.3 Å². The highest BCUT2D eigenvalue weighted by Gasteiger charge is 2.23. The van der Waals surface area contributed by atoms with Gasteiger partial charge in [-0.15, -0.1) is 0 Å². The van der Waals surface area contributed by atoms with Crippen LogP contribution in [0, 0.1) is 16.7 Å². The molecule has 0 amide bonds.